The fraction of sp³-hybridized carbons (Fsp3) is 0.346. The molecule has 3 aromatic rings. The lowest BCUT2D eigenvalue weighted by Gasteiger charge is -2.17. The number of carbonyl (C=O) groups excluding carboxylic acids is 2. The van der Waals surface area contributed by atoms with Crippen LogP contribution in [0, 0.1) is 19.8 Å². The van der Waals surface area contributed by atoms with E-state index in [1.165, 1.54) is 6.07 Å². The Bertz CT molecular complexity index is 1240. The first kappa shape index (κ1) is 21.8. The average Bonchev–Trinajstić information content (AvgIpc) is 3.13. The molecule has 1 aliphatic rings. The van der Waals surface area contributed by atoms with Crippen molar-refractivity contribution in [3.63, 3.8) is 0 Å². The number of aryl methyl sites for hydroxylation is 2. The molecule has 0 bridgehead atoms. The van der Waals surface area contributed by atoms with Gasteiger partial charge in [-0.2, -0.15) is 0 Å². The first-order valence-corrected chi connectivity index (χ1v) is 10.8. The second kappa shape index (κ2) is 8.61. The Hall–Kier alpha value is -3.41. The minimum atomic E-state index is -0.538. The van der Waals surface area contributed by atoms with Crippen LogP contribution in [0.1, 0.15) is 48.4 Å². The molecular formula is C26H27NO5. The summed E-state index contributed by atoms with van der Waals surface area (Å²) in [5.74, 6) is -0.771. The number of hydrogen-bond donors (Lipinski definition) is 0. The number of hydrogen-bond acceptors (Lipinski definition) is 5. The summed E-state index contributed by atoms with van der Waals surface area (Å²) in [6.45, 7) is 8.41. The summed E-state index contributed by atoms with van der Waals surface area (Å²) >= 11 is 0. The minimum Gasteiger partial charge on any atom is -0.461 e. The Labute approximate surface area is 186 Å². The quantitative estimate of drug-likeness (QED) is 0.433. The van der Waals surface area contributed by atoms with Crippen LogP contribution in [0.25, 0.3) is 11.0 Å². The molecule has 1 fully saturated rings. The lowest BCUT2D eigenvalue weighted by atomic mass is 9.95. The number of rotatable bonds is 5. The van der Waals surface area contributed by atoms with Crippen molar-refractivity contribution in [2.75, 3.05) is 11.4 Å². The van der Waals surface area contributed by atoms with E-state index in [0.29, 0.717) is 17.1 Å². The van der Waals surface area contributed by atoms with Crippen molar-refractivity contribution >= 4 is 28.5 Å². The van der Waals surface area contributed by atoms with Crippen LogP contribution in [0.3, 0.4) is 0 Å². The number of amides is 1. The molecule has 1 amide bonds. The van der Waals surface area contributed by atoms with Crippen molar-refractivity contribution in [2.24, 2.45) is 5.92 Å². The van der Waals surface area contributed by atoms with Crippen LogP contribution in [0.15, 0.2) is 51.7 Å². The fourth-order valence-corrected chi connectivity index (χ4v) is 4.24. The summed E-state index contributed by atoms with van der Waals surface area (Å²) in [6.07, 6.45) is 0.112. The van der Waals surface area contributed by atoms with Gasteiger partial charge in [-0.25, -0.2) is 4.79 Å². The van der Waals surface area contributed by atoms with Gasteiger partial charge in [0.2, 0.25) is 5.91 Å². The van der Waals surface area contributed by atoms with Gasteiger partial charge in [0.05, 0.1) is 5.92 Å². The smallest absolute Gasteiger partial charge is 0.336 e. The van der Waals surface area contributed by atoms with E-state index in [0.717, 1.165) is 27.8 Å². The molecule has 0 aliphatic carbocycles. The maximum Gasteiger partial charge on any atom is 0.336 e. The second-order valence-electron chi connectivity index (χ2n) is 8.80. The van der Waals surface area contributed by atoms with Gasteiger partial charge in [0.25, 0.3) is 0 Å². The SMILES string of the molecule is Cc1ccc(N2CC(C(=O)OCc3cc(=O)oc4cc(C)c(C(C)C)cc34)CC2=O)cc1. The Morgan fingerprint density at radius 1 is 1.12 bits per heavy atom. The third-order valence-corrected chi connectivity index (χ3v) is 6.01. The van der Waals surface area contributed by atoms with Crippen LogP contribution in [-0.4, -0.2) is 18.4 Å². The van der Waals surface area contributed by atoms with Gasteiger partial charge in [-0.15, -0.1) is 0 Å². The highest BCUT2D eigenvalue weighted by Gasteiger charge is 2.36. The van der Waals surface area contributed by atoms with E-state index >= 15 is 0 Å². The zero-order chi connectivity index (χ0) is 23.0. The lowest BCUT2D eigenvalue weighted by molar-refractivity contribution is -0.149. The van der Waals surface area contributed by atoms with Gasteiger partial charge in [0.15, 0.2) is 0 Å². The highest BCUT2D eigenvalue weighted by molar-refractivity contribution is 5.99. The van der Waals surface area contributed by atoms with Gasteiger partial charge in [-0.1, -0.05) is 31.5 Å². The molecule has 2 aromatic carbocycles. The largest absolute Gasteiger partial charge is 0.461 e. The molecule has 166 valence electrons. The summed E-state index contributed by atoms with van der Waals surface area (Å²) in [6, 6.07) is 12.9. The van der Waals surface area contributed by atoms with Crippen molar-refractivity contribution in [1.29, 1.82) is 0 Å². The van der Waals surface area contributed by atoms with Crippen LogP contribution in [0.5, 0.6) is 0 Å². The summed E-state index contributed by atoms with van der Waals surface area (Å²) in [4.78, 5) is 38.9. The van der Waals surface area contributed by atoms with Crippen LogP contribution in [0.4, 0.5) is 5.69 Å². The predicted octanol–water partition coefficient (Wildman–Crippen LogP) is 4.63. The third-order valence-electron chi connectivity index (χ3n) is 6.01. The molecule has 2 heterocycles. The third kappa shape index (κ3) is 4.31. The molecule has 6 heteroatoms. The molecule has 1 saturated heterocycles. The minimum absolute atomic E-state index is 0.0449. The van der Waals surface area contributed by atoms with E-state index in [9.17, 15) is 14.4 Å². The molecule has 6 nitrogen and oxygen atoms in total. The van der Waals surface area contributed by atoms with Gasteiger partial charge in [-0.05, 0) is 55.2 Å². The van der Waals surface area contributed by atoms with E-state index in [4.69, 9.17) is 9.15 Å². The molecule has 1 aromatic heterocycles. The summed E-state index contributed by atoms with van der Waals surface area (Å²) in [5.41, 5.74) is 4.67. The van der Waals surface area contributed by atoms with Crippen molar-refractivity contribution in [1.82, 2.24) is 0 Å². The number of ether oxygens (including phenoxy) is 1. The van der Waals surface area contributed by atoms with E-state index in [1.54, 1.807) is 4.90 Å². The molecule has 32 heavy (non-hydrogen) atoms. The molecule has 1 atom stereocenters. The van der Waals surface area contributed by atoms with Gasteiger partial charge < -0.3 is 14.1 Å². The highest BCUT2D eigenvalue weighted by atomic mass is 16.5. The van der Waals surface area contributed by atoms with E-state index in [2.05, 4.69) is 13.8 Å². The monoisotopic (exact) mass is 433 g/mol. The normalized spacial score (nSPS) is 16.2. The maximum atomic E-state index is 12.7. The van der Waals surface area contributed by atoms with Gasteiger partial charge in [0.1, 0.15) is 12.2 Å². The zero-order valence-electron chi connectivity index (χ0n) is 18.8. The molecule has 1 aliphatic heterocycles. The van der Waals surface area contributed by atoms with Gasteiger partial charge >= 0.3 is 11.6 Å². The first-order valence-electron chi connectivity index (χ1n) is 10.8. The fourth-order valence-electron chi connectivity index (χ4n) is 4.24. The van der Waals surface area contributed by atoms with Gasteiger partial charge in [-0.3, -0.25) is 9.59 Å². The van der Waals surface area contributed by atoms with Crippen LogP contribution >= 0.6 is 0 Å². The Morgan fingerprint density at radius 3 is 2.53 bits per heavy atom. The van der Waals surface area contributed by atoms with E-state index in [-0.39, 0.29) is 25.5 Å². The van der Waals surface area contributed by atoms with Crippen LogP contribution in [0.2, 0.25) is 0 Å². The first-order chi connectivity index (χ1) is 15.2. The number of fused-ring (bicyclic) bond motifs is 1. The number of nitrogens with zero attached hydrogens (tertiary/aromatic N) is 1. The molecule has 0 N–H and O–H groups in total. The number of esters is 1. The van der Waals surface area contributed by atoms with Gasteiger partial charge in [0, 0.05) is 35.7 Å². The van der Waals surface area contributed by atoms with E-state index < -0.39 is 17.5 Å². The van der Waals surface area contributed by atoms with E-state index in [1.807, 2.05) is 50.2 Å². The average molecular weight is 434 g/mol. The van der Waals surface area contributed by atoms with Crippen LogP contribution < -0.4 is 10.5 Å². The standard InChI is InChI=1S/C26H27NO5/c1-15(2)21-12-22-19(11-25(29)32-23(22)9-17(21)4)14-31-26(30)18-10-24(28)27(13-18)20-7-5-16(3)6-8-20/h5-9,11-12,15,18H,10,13-14H2,1-4H3. The number of carbonyl (C=O) groups is 2. The summed E-state index contributed by atoms with van der Waals surface area (Å²) in [7, 11) is 0. The Kier molecular flexibility index (Phi) is 5.87. The second-order valence-corrected chi connectivity index (χ2v) is 8.80. The Morgan fingerprint density at radius 2 is 1.84 bits per heavy atom. The molecule has 1 unspecified atom stereocenters. The molecular weight excluding hydrogens is 406 g/mol. The maximum absolute atomic E-state index is 12.7. The van der Waals surface area contributed by atoms with Crippen LogP contribution in [-0.2, 0) is 20.9 Å². The van der Waals surface area contributed by atoms with Crippen molar-refractivity contribution in [3.8, 4) is 0 Å². The lowest BCUT2D eigenvalue weighted by Crippen LogP contribution is -2.26. The summed E-state index contributed by atoms with van der Waals surface area (Å²) in [5, 5.41) is 0.760. The number of benzene rings is 2. The highest BCUT2D eigenvalue weighted by Crippen LogP contribution is 2.29. The van der Waals surface area contributed by atoms with Crippen molar-refractivity contribution in [3.05, 3.63) is 75.1 Å². The Balaban J connectivity index is 1.51. The molecule has 0 saturated carbocycles. The van der Waals surface area contributed by atoms with Crippen molar-refractivity contribution in [2.45, 2.75) is 46.6 Å². The molecule has 0 radical (unpaired) electrons. The zero-order valence-corrected chi connectivity index (χ0v) is 18.8. The number of anilines is 1. The molecule has 4 rings (SSSR count). The summed E-state index contributed by atoms with van der Waals surface area (Å²) < 4.78 is 10.9. The predicted molar refractivity (Wildman–Crippen MR) is 123 cm³/mol. The van der Waals surface area contributed by atoms with Crippen molar-refractivity contribution < 1.29 is 18.7 Å². The molecule has 0 spiro atoms. The topological polar surface area (TPSA) is 76.8 Å².